The molecular weight excluding hydrogens is 356 g/mol. The lowest BCUT2D eigenvalue weighted by Crippen LogP contribution is -2.05. The molecule has 0 bridgehead atoms. The first kappa shape index (κ1) is 13.4. The van der Waals surface area contributed by atoms with Crippen LogP contribution < -0.4 is 0 Å². The van der Waals surface area contributed by atoms with Crippen LogP contribution in [0, 0.1) is 21.0 Å². The number of aliphatic hydroxyl groups is 1. The molecule has 0 aromatic heterocycles. The van der Waals surface area contributed by atoms with E-state index in [1.165, 1.54) is 0 Å². The van der Waals surface area contributed by atoms with Crippen LogP contribution in [-0.4, -0.2) is 5.11 Å². The Bertz CT molecular complexity index is 569. The molecule has 1 atom stereocenters. The van der Waals surface area contributed by atoms with Crippen molar-refractivity contribution >= 4 is 22.6 Å². The molecule has 0 fully saturated rings. The van der Waals surface area contributed by atoms with E-state index in [0.29, 0.717) is 5.56 Å². The van der Waals surface area contributed by atoms with Crippen LogP contribution in [0.4, 0.5) is 13.2 Å². The van der Waals surface area contributed by atoms with Crippen LogP contribution in [0.2, 0.25) is 0 Å². The molecule has 0 amide bonds. The second kappa shape index (κ2) is 5.27. The molecule has 1 unspecified atom stereocenters. The van der Waals surface area contributed by atoms with Crippen LogP contribution in [0.5, 0.6) is 0 Å². The highest BCUT2D eigenvalue weighted by molar-refractivity contribution is 14.1. The van der Waals surface area contributed by atoms with E-state index in [0.717, 1.165) is 15.7 Å². The molecule has 0 aliphatic heterocycles. The fourth-order valence-corrected chi connectivity index (χ4v) is 1.94. The van der Waals surface area contributed by atoms with E-state index in [1.54, 1.807) is 24.3 Å². The highest BCUT2D eigenvalue weighted by Gasteiger charge is 2.20. The summed E-state index contributed by atoms with van der Waals surface area (Å²) in [6.45, 7) is 0. The highest BCUT2D eigenvalue weighted by Crippen LogP contribution is 2.27. The molecule has 0 saturated heterocycles. The van der Waals surface area contributed by atoms with Gasteiger partial charge in [-0.25, -0.2) is 13.2 Å². The monoisotopic (exact) mass is 364 g/mol. The van der Waals surface area contributed by atoms with E-state index in [1.807, 2.05) is 0 Å². The molecule has 0 aliphatic rings. The lowest BCUT2D eigenvalue weighted by atomic mass is 10.0. The van der Waals surface area contributed by atoms with Crippen molar-refractivity contribution in [3.8, 4) is 0 Å². The van der Waals surface area contributed by atoms with Gasteiger partial charge in [-0.15, -0.1) is 0 Å². The largest absolute Gasteiger partial charge is 0.384 e. The Hall–Kier alpha value is -1.08. The Morgan fingerprint density at radius 2 is 1.50 bits per heavy atom. The van der Waals surface area contributed by atoms with E-state index in [-0.39, 0.29) is 5.56 Å². The molecule has 0 aliphatic carbocycles. The minimum atomic E-state index is -1.57. The average molecular weight is 364 g/mol. The molecule has 18 heavy (non-hydrogen) atoms. The van der Waals surface area contributed by atoms with Gasteiger partial charge in [0.05, 0.1) is 0 Å². The fourth-order valence-electron chi connectivity index (χ4n) is 1.58. The molecule has 2 aromatic carbocycles. The smallest absolute Gasteiger partial charge is 0.194 e. The molecule has 2 rings (SSSR count). The van der Waals surface area contributed by atoms with Gasteiger partial charge < -0.3 is 5.11 Å². The summed E-state index contributed by atoms with van der Waals surface area (Å²) in [5.41, 5.74) is 0.135. The summed E-state index contributed by atoms with van der Waals surface area (Å²) < 4.78 is 40.3. The molecule has 0 saturated carbocycles. The third kappa shape index (κ3) is 2.51. The Balaban J connectivity index is 2.43. The average Bonchev–Trinajstić information content (AvgIpc) is 2.36. The third-order valence-corrected chi connectivity index (χ3v) is 3.26. The lowest BCUT2D eigenvalue weighted by molar-refractivity contribution is 0.212. The van der Waals surface area contributed by atoms with Gasteiger partial charge >= 0.3 is 0 Å². The third-order valence-electron chi connectivity index (χ3n) is 2.55. The van der Waals surface area contributed by atoms with Crippen molar-refractivity contribution in [3.05, 3.63) is 68.5 Å². The van der Waals surface area contributed by atoms with Gasteiger partial charge in [0.2, 0.25) is 0 Å². The van der Waals surface area contributed by atoms with Gasteiger partial charge in [-0.3, -0.25) is 0 Å². The van der Waals surface area contributed by atoms with Crippen LogP contribution in [-0.2, 0) is 0 Å². The Morgan fingerprint density at radius 1 is 0.889 bits per heavy atom. The van der Waals surface area contributed by atoms with Crippen molar-refractivity contribution < 1.29 is 18.3 Å². The van der Waals surface area contributed by atoms with Crippen molar-refractivity contribution in [2.24, 2.45) is 0 Å². The molecule has 0 radical (unpaired) electrons. The zero-order chi connectivity index (χ0) is 13.3. The molecule has 2 aromatic rings. The van der Waals surface area contributed by atoms with E-state index in [4.69, 9.17) is 0 Å². The summed E-state index contributed by atoms with van der Waals surface area (Å²) in [6.07, 6.45) is -1.32. The molecule has 94 valence electrons. The van der Waals surface area contributed by atoms with Crippen molar-refractivity contribution in [1.82, 2.24) is 0 Å². The normalized spacial score (nSPS) is 12.5. The predicted molar refractivity (Wildman–Crippen MR) is 69.5 cm³/mol. The van der Waals surface area contributed by atoms with Crippen molar-refractivity contribution in [1.29, 1.82) is 0 Å². The summed E-state index contributed by atoms with van der Waals surface area (Å²) >= 11 is 2.09. The Morgan fingerprint density at radius 3 is 2.11 bits per heavy atom. The lowest BCUT2D eigenvalue weighted by Gasteiger charge is -2.13. The Kier molecular flexibility index (Phi) is 3.91. The number of benzene rings is 2. The van der Waals surface area contributed by atoms with E-state index in [9.17, 15) is 18.3 Å². The first-order valence-electron chi connectivity index (χ1n) is 5.07. The minimum Gasteiger partial charge on any atom is -0.384 e. The predicted octanol–water partition coefficient (Wildman–Crippen LogP) is 3.79. The van der Waals surface area contributed by atoms with Crippen molar-refractivity contribution in [2.75, 3.05) is 0 Å². The first-order chi connectivity index (χ1) is 8.50. The molecule has 0 heterocycles. The zero-order valence-corrected chi connectivity index (χ0v) is 11.2. The van der Waals surface area contributed by atoms with Crippen LogP contribution in [0.3, 0.4) is 0 Å². The van der Waals surface area contributed by atoms with Gasteiger partial charge in [0.25, 0.3) is 0 Å². The minimum absolute atomic E-state index is 0.282. The number of halogens is 4. The van der Waals surface area contributed by atoms with Crippen LogP contribution in [0.1, 0.15) is 17.2 Å². The highest BCUT2D eigenvalue weighted by atomic mass is 127. The fraction of sp³-hybridized carbons (Fsp3) is 0.0769. The second-order valence-electron chi connectivity index (χ2n) is 3.72. The second-order valence-corrected chi connectivity index (χ2v) is 4.96. The van der Waals surface area contributed by atoms with Crippen LogP contribution >= 0.6 is 22.6 Å². The maximum absolute atomic E-state index is 13.5. The van der Waals surface area contributed by atoms with E-state index >= 15 is 0 Å². The Labute approximate surface area is 115 Å². The summed E-state index contributed by atoms with van der Waals surface area (Å²) in [6, 6.07) is 8.51. The van der Waals surface area contributed by atoms with E-state index in [2.05, 4.69) is 22.6 Å². The van der Waals surface area contributed by atoms with Gasteiger partial charge in [0.1, 0.15) is 6.10 Å². The SMILES string of the molecule is OC(c1ccc(I)cc1)c1ccc(F)c(F)c1F. The molecule has 5 heteroatoms. The summed E-state index contributed by atoms with van der Waals surface area (Å²) in [7, 11) is 0. The maximum Gasteiger partial charge on any atom is 0.194 e. The quantitative estimate of drug-likeness (QED) is 0.635. The maximum atomic E-state index is 13.5. The topological polar surface area (TPSA) is 20.2 Å². The number of rotatable bonds is 2. The van der Waals surface area contributed by atoms with Gasteiger partial charge in [-0.2, -0.15) is 0 Å². The standard InChI is InChI=1S/C13H8F3IO/c14-10-6-5-9(11(15)12(10)16)13(18)7-1-3-8(17)4-2-7/h1-6,13,18H. The van der Waals surface area contributed by atoms with Crippen LogP contribution in [0.25, 0.3) is 0 Å². The number of hydrogen-bond acceptors (Lipinski definition) is 1. The number of hydrogen-bond donors (Lipinski definition) is 1. The van der Waals surface area contributed by atoms with Gasteiger partial charge in [0.15, 0.2) is 17.5 Å². The molecular formula is C13H8F3IO. The zero-order valence-electron chi connectivity index (χ0n) is 9.00. The number of aliphatic hydroxyl groups excluding tert-OH is 1. The molecule has 0 spiro atoms. The van der Waals surface area contributed by atoms with Crippen molar-refractivity contribution in [3.63, 3.8) is 0 Å². The molecule has 1 nitrogen and oxygen atoms in total. The molecule has 1 N–H and O–H groups in total. The first-order valence-corrected chi connectivity index (χ1v) is 6.15. The van der Waals surface area contributed by atoms with E-state index < -0.39 is 23.6 Å². The summed E-state index contributed by atoms with van der Waals surface area (Å²) in [5.74, 6) is -4.20. The van der Waals surface area contributed by atoms with Gasteiger partial charge in [-0.1, -0.05) is 18.2 Å². The summed E-state index contributed by atoms with van der Waals surface area (Å²) in [4.78, 5) is 0. The summed E-state index contributed by atoms with van der Waals surface area (Å²) in [5, 5.41) is 9.95. The van der Waals surface area contributed by atoms with Crippen molar-refractivity contribution in [2.45, 2.75) is 6.10 Å². The van der Waals surface area contributed by atoms with Gasteiger partial charge in [-0.05, 0) is 46.4 Å². The van der Waals surface area contributed by atoms with Gasteiger partial charge in [0, 0.05) is 9.13 Å². The van der Waals surface area contributed by atoms with Crippen LogP contribution in [0.15, 0.2) is 36.4 Å².